The molecule has 1 unspecified atom stereocenters. The third-order valence-electron chi connectivity index (χ3n) is 1.37. The summed E-state index contributed by atoms with van der Waals surface area (Å²) in [5, 5.41) is 0. The van der Waals surface area contributed by atoms with Crippen LogP contribution in [0.4, 0.5) is 0 Å². The van der Waals surface area contributed by atoms with Crippen LogP contribution in [0.25, 0.3) is 0 Å². The molecule has 0 aromatic heterocycles. The van der Waals surface area contributed by atoms with Gasteiger partial charge >= 0.3 is 5.97 Å². The lowest BCUT2D eigenvalue weighted by Crippen LogP contribution is -2.06. The van der Waals surface area contributed by atoms with Crippen molar-refractivity contribution in [2.45, 2.75) is 19.8 Å². The zero-order valence-corrected chi connectivity index (χ0v) is 8.71. The lowest BCUT2D eigenvalue weighted by atomic mass is 10.3. The van der Waals surface area contributed by atoms with Gasteiger partial charge in [0.2, 0.25) is 0 Å². The SMILES string of the molecule is C=C(C)C(=O)OCCCC[PH](=O)O. The molecule has 0 radical (unpaired) electrons. The molecule has 0 aliphatic carbocycles. The largest absolute Gasteiger partial charge is 0.462 e. The second kappa shape index (κ2) is 6.87. The molecule has 0 fully saturated rings. The maximum atomic E-state index is 10.8. The van der Waals surface area contributed by atoms with Gasteiger partial charge < -0.3 is 9.63 Å². The topological polar surface area (TPSA) is 63.6 Å². The maximum absolute atomic E-state index is 10.8. The average Bonchev–Trinajstić information content (AvgIpc) is 2.02. The van der Waals surface area contributed by atoms with Crippen LogP contribution in [0.1, 0.15) is 19.8 Å². The highest BCUT2D eigenvalue weighted by atomic mass is 31.1. The van der Waals surface area contributed by atoms with Crippen LogP contribution >= 0.6 is 8.03 Å². The molecular formula is C8H15O4P. The van der Waals surface area contributed by atoms with E-state index in [0.29, 0.717) is 31.2 Å². The van der Waals surface area contributed by atoms with Gasteiger partial charge in [-0.1, -0.05) is 6.58 Å². The van der Waals surface area contributed by atoms with Gasteiger partial charge in [0.1, 0.15) is 0 Å². The minimum atomic E-state index is -2.36. The van der Waals surface area contributed by atoms with E-state index in [-0.39, 0.29) is 0 Å². The molecule has 0 aromatic rings. The summed E-state index contributed by atoms with van der Waals surface area (Å²) < 4.78 is 15.0. The Morgan fingerprint density at radius 3 is 2.62 bits per heavy atom. The molecule has 1 atom stereocenters. The molecule has 0 saturated carbocycles. The van der Waals surface area contributed by atoms with Gasteiger partial charge in [-0.25, -0.2) is 4.79 Å². The summed E-state index contributed by atoms with van der Waals surface area (Å²) in [6.45, 7) is 5.29. The number of hydrogen-bond acceptors (Lipinski definition) is 3. The molecule has 0 saturated heterocycles. The van der Waals surface area contributed by atoms with Crippen molar-refractivity contribution in [3.63, 3.8) is 0 Å². The first-order valence-corrected chi connectivity index (χ1v) is 5.64. The van der Waals surface area contributed by atoms with E-state index in [2.05, 4.69) is 6.58 Å². The van der Waals surface area contributed by atoms with Gasteiger partial charge in [-0.3, -0.25) is 4.57 Å². The Bertz CT molecular complexity index is 212. The van der Waals surface area contributed by atoms with Crippen molar-refractivity contribution in [1.82, 2.24) is 0 Å². The molecule has 0 spiro atoms. The standard InChI is InChI=1S/C8H15O4P/c1-7(2)8(9)12-5-3-4-6-13(10)11/h13H,1,3-6H2,2H3,(H,10,11). The van der Waals surface area contributed by atoms with Gasteiger partial charge in [0, 0.05) is 11.7 Å². The van der Waals surface area contributed by atoms with Crippen molar-refractivity contribution < 1.29 is 19.0 Å². The average molecular weight is 206 g/mol. The molecule has 0 amide bonds. The van der Waals surface area contributed by atoms with Crippen molar-refractivity contribution in [1.29, 1.82) is 0 Å². The predicted octanol–water partition coefficient (Wildman–Crippen LogP) is 1.35. The van der Waals surface area contributed by atoms with E-state index < -0.39 is 14.0 Å². The number of esters is 1. The molecule has 0 aromatic carbocycles. The number of rotatable bonds is 6. The van der Waals surface area contributed by atoms with E-state index in [4.69, 9.17) is 9.63 Å². The molecule has 0 rings (SSSR count). The lowest BCUT2D eigenvalue weighted by Gasteiger charge is -2.02. The number of ether oxygens (including phenoxy) is 1. The van der Waals surface area contributed by atoms with E-state index in [0.717, 1.165) is 0 Å². The zero-order valence-electron chi connectivity index (χ0n) is 7.71. The van der Waals surface area contributed by atoms with Crippen LogP contribution in [0.2, 0.25) is 0 Å². The van der Waals surface area contributed by atoms with Crippen molar-refractivity contribution in [2.75, 3.05) is 12.8 Å². The van der Waals surface area contributed by atoms with E-state index in [1.807, 2.05) is 0 Å². The zero-order chi connectivity index (χ0) is 10.3. The van der Waals surface area contributed by atoms with Crippen molar-refractivity contribution in [2.24, 2.45) is 0 Å². The minimum Gasteiger partial charge on any atom is -0.462 e. The highest BCUT2D eigenvalue weighted by Crippen LogP contribution is 2.14. The van der Waals surface area contributed by atoms with Crippen LogP contribution in [0.15, 0.2) is 12.2 Å². The maximum Gasteiger partial charge on any atom is 0.333 e. The molecule has 0 bridgehead atoms. The normalized spacial score (nSPS) is 12.2. The summed E-state index contributed by atoms with van der Waals surface area (Å²) in [5.41, 5.74) is 0.371. The van der Waals surface area contributed by atoms with E-state index >= 15 is 0 Å². The third kappa shape index (κ3) is 7.75. The number of unbranched alkanes of at least 4 members (excludes halogenated alkanes) is 1. The van der Waals surface area contributed by atoms with Gasteiger partial charge in [-0.15, -0.1) is 0 Å². The Kier molecular flexibility index (Phi) is 6.55. The third-order valence-corrected chi connectivity index (χ3v) is 2.15. The summed E-state index contributed by atoms with van der Waals surface area (Å²) in [4.78, 5) is 19.3. The van der Waals surface area contributed by atoms with E-state index in [1.165, 1.54) is 0 Å². The Hall–Kier alpha value is -0.600. The molecular weight excluding hydrogens is 191 g/mol. The van der Waals surface area contributed by atoms with Gasteiger partial charge in [-0.05, 0) is 19.8 Å². The van der Waals surface area contributed by atoms with Crippen LogP contribution in [-0.2, 0) is 14.1 Å². The number of carbonyl (C=O) groups is 1. The molecule has 4 nitrogen and oxygen atoms in total. The summed E-state index contributed by atoms with van der Waals surface area (Å²) in [6.07, 6.45) is 1.53. The van der Waals surface area contributed by atoms with E-state index in [9.17, 15) is 9.36 Å². The fourth-order valence-electron chi connectivity index (χ4n) is 0.666. The molecule has 0 aliphatic heterocycles. The first kappa shape index (κ1) is 12.4. The van der Waals surface area contributed by atoms with Crippen molar-refractivity contribution in [3.05, 3.63) is 12.2 Å². The summed E-state index contributed by atoms with van der Waals surface area (Å²) in [5.74, 6) is -0.406. The molecule has 76 valence electrons. The fourth-order valence-corrected chi connectivity index (χ4v) is 1.22. The lowest BCUT2D eigenvalue weighted by molar-refractivity contribution is -0.139. The van der Waals surface area contributed by atoms with Crippen LogP contribution in [-0.4, -0.2) is 23.6 Å². The van der Waals surface area contributed by atoms with E-state index in [1.54, 1.807) is 6.92 Å². The molecule has 5 heteroatoms. The Labute approximate surface area is 78.5 Å². The van der Waals surface area contributed by atoms with Crippen LogP contribution < -0.4 is 0 Å². The second-order valence-electron chi connectivity index (χ2n) is 2.77. The van der Waals surface area contributed by atoms with Gasteiger partial charge in [-0.2, -0.15) is 0 Å². The summed E-state index contributed by atoms with van der Waals surface area (Å²) in [7, 11) is -2.36. The van der Waals surface area contributed by atoms with Crippen LogP contribution in [0.3, 0.4) is 0 Å². The monoisotopic (exact) mass is 206 g/mol. The predicted molar refractivity (Wildman–Crippen MR) is 51.1 cm³/mol. The quantitative estimate of drug-likeness (QED) is 0.308. The summed E-state index contributed by atoms with van der Waals surface area (Å²) >= 11 is 0. The fraction of sp³-hybridized carbons (Fsp3) is 0.625. The molecule has 0 aliphatic rings. The number of carbonyl (C=O) groups excluding carboxylic acids is 1. The minimum absolute atomic E-state index is 0.292. The Balaban J connectivity index is 3.31. The smallest absolute Gasteiger partial charge is 0.333 e. The van der Waals surface area contributed by atoms with Crippen LogP contribution in [0, 0.1) is 0 Å². The Morgan fingerprint density at radius 2 is 2.15 bits per heavy atom. The van der Waals surface area contributed by atoms with Crippen molar-refractivity contribution in [3.8, 4) is 0 Å². The molecule has 0 heterocycles. The molecule has 1 N–H and O–H groups in total. The van der Waals surface area contributed by atoms with Gasteiger partial charge in [0.25, 0.3) is 0 Å². The number of hydrogen-bond donors (Lipinski definition) is 1. The second-order valence-corrected chi connectivity index (χ2v) is 4.05. The van der Waals surface area contributed by atoms with Gasteiger partial charge in [0.05, 0.1) is 6.61 Å². The first-order valence-electron chi connectivity index (χ1n) is 4.08. The highest BCUT2D eigenvalue weighted by molar-refractivity contribution is 7.37. The van der Waals surface area contributed by atoms with Crippen molar-refractivity contribution >= 4 is 14.0 Å². The Morgan fingerprint density at radius 1 is 1.54 bits per heavy atom. The van der Waals surface area contributed by atoms with Crippen LogP contribution in [0.5, 0.6) is 0 Å². The highest BCUT2D eigenvalue weighted by Gasteiger charge is 2.01. The summed E-state index contributed by atoms with van der Waals surface area (Å²) in [6, 6.07) is 0. The van der Waals surface area contributed by atoms with Gasteiger partial charge in [0.15, 0.2) is 8.03 Å². The molecule has 13 heavy (non-hydrogen) atoms. The first-order chi connectivity index (χ1) is 6.04.